The number of imidazole rings is 1. The molecular formula is C17H14N4O3S. The fourth-order valence-electron chi connectivity index (χ4n) is 2.33. The summed E-state index contributed by atoms with van der Waals surface area (Å²) in [6.07, 6.45) is 3.54. The van der Waals surface area contributed by atoms with E-state index in [0.29, 0.717) is 16.2 Å². The maximum atomic E-state index is 11.9. The number of thiocarbonyl (C=S) groups is 1. The second kappa shape index (κ2) is 6.70. The van der Waals surface area contributed by atoms with Crippen molar-refractivity contribution in [3.8, 4) is 11.3 Å². The van der Waals surface area contributed by atoms with Gasteiger partial charge in [0.15, 0.2) is 0 Å². The number of fused-ring (bicyclic) bond motifs is 1. The summed E-state index contributed by atoms with van der Waals surface area (Å²) in [6.45, 7) is -0.431. The highest BCUT2D eigenvalue weighted by atomic mass is 32.1. The second-order valence-corrected chi connectivity index (χ2v) is 5.76. The highest BCUT2D eigenvalue weighted by molar-refractivity contribution is 7.80. The van der Waals surface area contributed by atoms with Gasteiger partial charge in [-0.15, -0.1) is 0 Å². The van der Waals surface area contributed by atoms with E-state index >= 15 is 0 Å². The third kappa shape index (κ3) is 3.64. The van der Waals surface area contributed by atoms with Crippen LogP contribution in [0.25, 0.3) is 16.9 Å². The predicted molar refractivity (Wildman–Crippen MR) is 96.5 cm³/mol. The average molecular weight is 354 g/mol. The summed E-state index contributed by atoms with van der Waals surface area (Å²) >= 11 is 4.93. The third-order valence-corrected chi connectivity index (χ3v) is 3.82. The monoisotopic (exact) mass is 354 g/mol. The fraction of sp³-hybridized carbons (Fsp3) is 0.0588. The summed E-state index contributed by atoms with van der Waals surface area (Å²) < 4.78 is 1.78. The van der Waals surface area contributed by atoms with E-state index in [4.69, 9.17) is 23.1 Å². The maximum Gasteiger partial charge on any atom is 0.322 e. The number of carbonyl (C=O) groups excluding carboxylic acids is 1. The van der Waals surface area contributed by atoms with Gasteiger partial charge in [-0.2, -0.15) is 0 Å². The number of carbonyl (C=O) groups is 2. The number of aromatic nitrogens is 2. The van der Waals surface area contributed by atoms with Gasteiger partial charge < -0.3 is 20.6 Å². The number of pyridine rings is 1. The van der Waals surface area contributed by atoms with Crippen LogP contribution in [-0.2, 0) is 4.79 Å². The zero-order chi connectivity index (χ0) is 18.0. The molecule has 0 bridgehead atoms. The number of nitrogens with one attached hydrogen (secondary N) is 1. The first kappa shape index (κ1) is 16.6. The second-order valence-electron chi connectivity index (χ2n) is 5.33. The van der Waals surface area contributed by atoms with Crippen LogP contribution in [0.5, 0.6) is 0 Å². The van der Waals surface area contributed by atoms with Crippen molar-refractivity contribution >= 4 is 34.7 Å². The molecule has 4 N–H and O–H groups in total. The number of rotatable bonds is 5. The van der Waals surface area contributed by atoms with Gasteiger partial charge in [0.1, 0.15) is 17.2 Å². The van der Waals surface area contributed by atoms with Gasteiger partial charge in [-0.05, 0) is 12.1 Å². The summed E-state index contributed by atoms with van der Waals surface area (Å²) in [7, 11) is 0. The quantitative estimate of drug-likeness (QED) is 0.598. The summed E-state index contributed by atoms with van der Waals surface area (Å²) in [5.41, 5.74) is 8.91. The van der Waals surface area contributed by atoms with Gasteiger partial charge in [-0.1, -0.05) is 36.5 Å². The molecule has 8 heteroatoms. The van der Waals surface area contributed by atoms with Crippen LogP contribution in [0.3, 0.4) is 0 Å². The van der Waals surface area contributed by atoms with E-state index < -0.39 is 18.4 Å². The Morgan fingerprint density at radius 1 is 1.20 bits per heavy atom. The largest absolute Gasteiger partial charge is 0.480 e. The molecule has 3 rings (SSSR count). The molecule has 0 saturated heterocycles. The van der Waals surface area contributed by atoms with E-state index in [0.717, 1.165) is 16.8 Å². The number of hydrogen-bond donors (Lipinski definition) is 3. The van der Waals surface area contributed by atoms with Gasteiger partial charge >= 0.3 is 5.97 Å². The van der Waals surface area contributed by atoms with Crippen LogP contribution in [0.1, 0.15) is 15.9 Å². The molecule has 0 aliphatic carbocycles. The SMILES string of the molecule is NC(=S)c1ccc(-c2cn3ccc(C(=O)NCC(=O)O)cc3n2)cc1. The predicted octanol–water partition coefficient (Wildman–Crippen LogP) is 1.45. The lowest BCUT2D eigenvalue weighted by Gasteiger charge is -2.02. The van der Waals surface area contributed by atoms with E-state index in [2.05, 4.69) is 10.3 Å². The van der Waals surface area contributed by atoms with Crippen LogP contribution < -0.4 is 11.1 Å². The molecule has 1 aromatic carbocycles. The summed E-state index contributed by atoms with van der Waals surface area (Å²) in [5, 5.41) is 10.9. The Morgan fingerprint density at radius 2 is 1.92 bits per heavy atom. The van der Waals surface area contributed by atoms with E-state index in [-0.39, 0.29) is 0 Å². The van der Waals surface area contributed by atoms with Crippen molar-refractivity contribution in [2.75, 3.05) is 6.54 Å². The first-order valence-corrected chi connectivity index (χ1v) is 7.74. The molecule has 2 aromatic heterocycles. The molecule has 0 aliphatic rings. The molecule has 1 amide bonds. The number of hydrogen-bond acceptors (Lipinski definition) is 4. The Labute approximate surface area is 148 Å². The Kier molecular flexibility index (Phi) is 4.44. The Morgan fingerprint density at radius 3 is 2.56 bits per heavy atom. The summed E-state index contributed by atoms with van der Waals surface area (Å²) in [6, 6.07) is 10.6. The van der Waals surface area contributed by atoms with Gasteiger partial charge in [0, 0.05) is 29.1 Å². The molecule has 0 spiro atoms. The lowest BCUT2D eigenvalue weighted by molar-refractivity contribution is -0.135. The first-order chi connectivity index (χ1) is 11.9. The highest BCUT2D eigenvalue weighted by Crippen LogP contribution is 2.20. The van der Waals surface area contributed by atoms with Crippen LogP contribution >= 0.6 is 12.2 Å². The molecule has 3 aromatic rings. The van der Waals surface area contributed by atoms with Crippen molar-refractivity contribution in [1.82, 2.24) is 14.7 Å². The maximum absolute atomic E-state index is 11.9. The molecule has 0 aliphatic heterocycles. The Balaban J connectivity index is 1.88. The van der Waals surface area contributed by atoms with E-state index in [1.165, 1.54) is 0 Å². The normalized spacial score (nSPS) is 10.6. The van der Waals surface area contributed by atoms with E-state index in [1.54, 1.807) is 22.7 Å². The van der Waals surface area contributed by atoms with Gasteiger partial charge in [0.05, 0.1) is 5.69 Å². The fourth-order valence-corrected chi connectivity index (χ4v) is 2.46. The smallest absolute Gasteiger partial charge is 0.322 e. The Hall–Kier alpha value is -3.26. The minimum absolute atomic E-state index is 0.332. The third-order valence-electron chi connectivity index (χ3n) is 3.59. The zero-order valence-corrected chi connectivity index (χ0v) is 13.8. The topological polar surface area (TPSA) is 110 Å². The van der Waals surface area contributed by atoms with Crippen LogP contribution in [0.15, 0.2) is 48.8 Å². The van der Waals surface area contributed by atoms with E-state index in [1.807, 2.05) is 30.5 Å². The highest BCUT2D eigenvalue weighted by Gasteiger charge is 2.10. The number of carboxylic acid groups (broad SMARTS) is 1. The summed E-state index contributed by atoms with van der Waals surface area (Å²) in [5.74, 6) is -1.56. The molecular weight excluding hydrogens is 340 g/mol. The van der Waals surface area contributed by atoms with Gasteiger partial charge in [0.2, 0.25) is 0 Å². The minimum Gasteiger partial charge on any atom is -0.480 e. The van der Waals surface area contributed by atoms with Crippen molar-refractivity contribution < 1.29 is 14.7 Å². The number of aliphatic carboxylic acids is 1. The van der Waals surface area contributed by atoms with Crippen molar-refractivity contribution in [2.24, 2.45) is 5.73 Å². The van der Waals surface area contributed by atoms with Crippen molar-refractivity contribution in [2.45, 2.75) is 0 Å². The number of carboxylic acids is 1. The van der Waals surface area contributed by atoms with Gasteiger partial charge in [-0.3, -0.25) is 9.59 Å². The van der Waals surface area contributed by atoms with E-state index in [9.17, 15) is 9.59 Å². The Bertz CT molecular complexity index is 979. The molecule has 0 unspecified atom stereocenters. The van der Waals surface area contributed by atoms with Gasteiger partial charge in [0.25, 0.3) is 5.91 Å². The molecule has 2 heterocycles. The molecule has 0 fully saturated rings. The van der Waals surface area contributed by atoms with Crippen molar-refractivity contribution in [1.29, 1.82) is 0 Å². The van der Waals surface area contributed by atoms with Crippen LogP contribution in [0.2, 0.25) is 0 Å². The van der Waals surface area contributed by atoms with Crippen molar-refractivity contribution in [3.63, 3.8) is 0 Å². The summed E-state index contributed by atoms with van der Waals surface area (Å²) in [4.78, 5) is 27.3. The van der Waals surface area contributed by atoms with Crippen molar-refractivity contribution in [3.05, 3.63) is 59.9 Å². The lowest BCUT2D eigenvalue weighted by Crippen LogP contribution is -2.29. The molecule has 25 heavy (non-hydrogen) atoms. The van der Waals surface area contributed by atoms with Crippen LogP contribution in [0.4, 0.5) is 0 Å². The lowest BCUT2D eigenvalue weighted by atomic mass is 10.1. The number of benzene rings is 1. The standard InChI is InChI=1S/C17H14N4O3S/c18-16(25)11-3-1-10(2-4-11)13-9-21-6-5-12(7-14(21)20-13)17(24)19-8-15(22)23/h1-7,9H,8H2,(H2,18,25)(H,19,24)(H,22,23). The number of nitrogens with zero attached hydrogens (tertiary/aromatic N) is 2. The first-order valence-electron chi connectivity index (χ1n) is 7.33. The number of amides is 1. The average Bonchev–Trinajstić information content (AvgIpc) is 3.02. The molecule has 7 nitrogen and oxygen atoms in total. The molecule has 0 saturated carbocycles. The zero-order valence-electron chi connectivity index (χ0n) is 13.0. The van der Waals surface area contributed by atoms with Crippen LogP contribution in [0, 0.1) is 0 Å². The molecule has 0 radical (unpaired) electrons. The van der Waals surface area contributed by atoms with Crippen LogP contribution in [-0.4, -0.2) is 37.9 Å². The van der Waals surface area contributed by atoms with Gasteiger partial charge in [-0.25, -0.2) is 4.98 Å². The number of nitrogens with two attached hydrogens (primary N) is 1. The minimum atomic E-state index is -1.10. The molecule has 126 valence electrons. The molecule has 0 atom stereocenters.